The Morgan fingerprint density at radius 1 is 1.37 bits per heavy atom. The molecule has 2 heterocycles. The molecule has 1 aliphatic heterocycles. The van der Waals surface area contributed by atoms with Gasteiger partial charge in [0.2, 0.25) is 5.91 Å². The molecule has 1 amide bonds. The van der Waals surface area contributed by atoms with Crippen molar-refractivity contribution in [1.29, 1.82) is 0 Å². The van der Waals surface area contributed by atoms with Gasteiger partial charge < -0.3 is 15.2 Å². The van der Waals surface area contributed by atoms with E-state index in [-0.39, 0.29) is 23.7 Å². The second-order valence-corrected chi connectivity index (χ2v) is 11.3. The molecule has 1 aliphatic carbocycles. The number of halogens is 1. The molecule has 0 spiro atoms. The number of thiophene rings is 1. The van der Waals surface area contributed by atoms with Crippen LogP contribution in [0.2, 0.25) is 0 Å². The average Bonchev–Trinajstić information content (AvgIpc) is 3.23. The van der Waals surface area contributed by atoms with Gasteiger partial charge in [0, 0.05) is 52.3 Å². The van der Waals surface area contributed by atoms with E-state index in [1.54, 1.807) is 29.5 Å². The maximum atomic E-state index is 12.8. The lowest BCUT2D eigenvalue weighted by molar-refractivity contribution is -0.186. The SMILES string of the molecule is C=CCN1CC[C@@]2(c3cccc(O)c3)C[C@@H](NC(=O)/C=C/c3cc(Br)cs3)CC[C@]2(OC(C)=O)C1. The van der Waals surface area contributed by atoms with Gasteiger partial charge in [0.25, 0.3) is 0 Å². The molecule has 1 aromatic carbocycles. The van der Waals surface area contributed by atoms with Crippen molar-refractivity contribution in [3.8, 4) is 5.75 Å². The number of esters is 1. The Labute approximate surface area is 218 Å². The first kappa shape index (κ1) is 25.7. The molecule has 0 radical (unpaired) electrons. The number of carbonyl (C=O) groups excluding carboxylic acids is 2. The van der Waals surface area contributed by atoms with E-state index in [0.717, 1.165) is 27.9 Å². The number of phenolic OH excluding ortho intramolecular Hbond substituents is 1. The van der Waals surface area contributed by atoms with Crippen molar-refractivity contribution in [1.82, 2.24) is 10.2 Å². The van der Waals surface area contributed by atoms with Crippen LogP contribution >= 0.6 is 27.3 Å². The molecule has 2 aliphatic rings. The minimum absolute atomic E-state index is 0.0841. The zero-order valence-corrected chi connectivity index (χ0v) is 22.2. The van der Waals surface area contributed by atoms with E-state index >= 15 is 0 Å². The first-order chi connectivity index (χ1) is 16.7. The summed E-state index contributed by atoms with van der Waals surface area (Å²) < 4.78 is 7.18. The topological polar surface area (TPSA) is 78.9 Å². The normalized spacial score (nSPS) is 26.7. The number of piperidine rings is 1. The quantitative estimate of drug-likeness (QED) is 0.283. The number of amides is 1. The Balaban J connectivity index is 1.64. The van der Waals surface area contributed by atoms with Gasteiger partial charge in [-0.05, 0) is 78.0 Å². The third-order valence-electron chi connectivity index (χ3n) is 7.16. The zero-order valence-electron chi connectivity index (χ0n) is 19.8. The molecule has 8 heteroatoms. The predicted molar refractivity (Wildman–Crippen MR) is 142 cm³/mol. The van der Waals surface area contributed by atoms with Gasteiger partial charge in [-0.25, -0.2) is 0 Å². The molecule has 1 aromatic heterocycles. The molecule has 2 aromatic rings. The van der Waals surface area contributed by atoms with Gasteiger partial charge in [0.05, 0.1) is 0 Å². The van der Waals surface area contributed by atoms with Gasteiger partial charge in [-0.3, -0.25) is 14.5 Å². The lowest BCUT2D eigenvalue weighted by atomic mass is 9.55. The number of nitrogens with one attached hydrogen (secondary N) is 1. The first-order valence-corrected chi connectivity index (χ1v) is 13.5. The number of hydrogen-bond donors (Lipinski definition) is 2. The molecule has 0 unspecified atom stereocenters. The second kappa shape index (κ2) is 10.7. The molecular formula is C27H31BrN2O4S. The molecule has 4 rings (SSSR count). The highest BCUT2D eigenvalue weighted by Crippen LogP contribution is 2.54. The van der Waals surface area contributed by atoms with Crippen LogP contribution in [0.3, 0.4) is 0 Å². The fourth-order valence-electron chi connectivity index (χ4n) is 5.77. The van der Waals surface area contributed by atoms with Gasteiger partial charge in [-0.2, -0.15) is 0 Å². The van der Waals surface area contributed by atoms with Gasteiger partial charge in [-0.1, -0.05) is 18.2 Å². The van der Waals surface area contributed by atoms with E-state index in [2.05, 4.69) is 32.7 Å². The Morgan fingerprint density at radius 2 is 2.20 bits per heavy atom. The Hall–Kier alpha value is -2.42. The lowest BCUT2D eigenvalue weighted by Crippen LogP contribution is -2.68. The van der Waals surface area contributed by atoms with Gasteiger partial charge in [0.15, 0.2) is 0 Å². The highest BCUT2D eigenvalue weighted by atomic mass is 79.9. The number of ether oxygens (including phenoxy) is 1. The highest BCUT2D eigenvalue weighted by molar-refractivity contribution is 9.10. The van der Waals surface area contributed by atoms with Crippen molar-refractivity contribution in [2.75, 3.05) is 19.6 Å². The minimum Gasteiger partial charge on any atom is -0.508 e. The number of likely N-dealkylation sites (tertiary alicyclic amines) is 1. The van der Waals surface area contributed by atoms with Crippen LogP contribution in [-0.4, -0.2) is 53.2 Å². The van der Waals surface area contributed by atoms with Crippen molar-refractivity contribution in [3.05, 3.63) is 69.4 Å². The summed E-state index contributed by atoms with van der Waals surface area (Å²) in [6, 6.07) is 9.14. The Kier molecular flexibility index (Phi) is 7.83. The summed E-state index contributed by atoms with van der Waals surface area (Å²) in [6.07, 6.45) is 7.92. The van der Waals surface area contributed by atoms with E-state index in [1.165, 1.54) is 6.92 Å². The van der Waals surface area contributed by atoms with Crippen LogP contribution in [-0.2, 0) is 19.7 Å². The summed E-state index contributed by atoms with van der Waals surface area (Å²) in [5.74, 6) is -0.282. The molecule has 3 atom stereocenters. The molecule has 0 bridgehead atoms. The largest absolute Gasteiger partial charge is 0.508 e. The zero-order chi connectivity index (χ0) is 25.1. The van der Waals surface area contributed by atoms with Gasteiger partial charge >= 0.3 is 5.97 Å². The molecular weight excluding hydrogens is 528 g/mol. The van der Waals surface area contributed by atoms with Crippen molar-refractivity contribution >= 4 is 45.2 Å². The Morgan fingerprint density at radius 3 is 2.89 bits per heavy atom. The van der Waals surface area contributed by atoms with E-state index < -0.39 is 11.0 Å². The number of nitrogens with zero attached hydrogens (tertiary/aromatic N) is 1. The van der Waals surface area contributed by atoms with Crippen LogP contribution < -0.4 is 5.32 Å². The van der Waals surface area contributed by atoms with Crippen molar-refractivity contribution in [2.45, 2.75) is 49.7 Å². The maximum absolute atomic E-state index is 12.8. The third-order valence-corrected chi connectivity index (χ3v) is 8.81. The molecule has 35 heavy (non-hydrogen) atoms. The molecule has 186 valence electrons. The fraction of sp³-hybridized carbons (Fsp3) is 0.407. The number of benzene rings is 1. The molecule has 1 saturated heterocycles. The molecule has 2 fully saturated rings. The van der Waals surface area contributed by atoms with Gasteiger partial charge in [-0.15, -0.1) is 17.9 Å². The minimum atomic E-state index is -0.756. The maximum Gasteiger partial charge on any atom is 0.303 e. The number of fused-ring (bicyclic) bond motifs is 1. The molecule has 1 saturated carbocycles. The van der Waals surface area contributed by atoms with Crippen LogP contribution in [0.5, 0.6) is 5.75 Å². The monoisotopic (exact) mass is 558 g/mol. The second-order valence-electron chi connectivity index (χ2n) is 9.44. The summed E-state index contributed by atoms with van der Waals surface area (Å²) in [5, 5.41) is 15.5. The van der Waals surface area contributed by atoms with Crippen LogP contribution in [0.4, 0.5) is 0 Å². The van der Waals surface area contributed by atoms with Gasteiger partial charge in [0.1, 0.15) is 11.4 Å². The van der Waals surface area contributed by atoms with E-state index in [0.29, 0.717) is 32.4 Å². The van der Waals surface area contributed by atoms with Crippen LogP contribution in [0.1, 0.15) is 43.0 Å². The van der Waals surface area contributed by atoms with Crippen molar-refractivity contribution in [3.63, 3.8) is 0 Å². The van der Waals surface area contributed by atoms with E-state index in [4.69, 9.17) is 4.74 Å². The smallest absolute Gasteiger partial charge is 0.303 e. The number of rotatable bonds is 7. The van der Waals surface area contributed by atoms with Crippen LogP contribution in [0, 0.1) is 0 Å². The average molecular weight is 560 g/mol. The third kappa shape index (κ3) is 5.55. The summed E-state index contributed by atoms with van der Waals surface area (Å²) in [7, 11) is 0. The van der Waals surface area contributed by atoms with Crippen molar-refractivity contribution < 1.29 is 19.4 Å². The van der Waals surface area contributed by atoms with E-state index in [9.17, 15) is 14.7 Å². The standard InChI is InChI=1S/C27H31BrN2O4S/c1-3-12-30-13-11-26(20-5-4-6-23(32)14-20)16-22(9-10-27(26,18-30)34-19(2)31)29-25(33)8-7-24-15-21(28)17-35-24/h3-8,14-15,17,22,32H,1,9-13,16,18H2,2H3,(H,29,33)/b8-7+/t22-,26-,27-/m0/s1. The Bertz CT molecular complexity index is 1130. The summed E-state index contributed by atoms with van der Waals surface area (Å²) >= 11 is 5.00. The predicted octanol–water partition coefficient (Wildman–Crippen LogP) is 5.03. The van der Waals surface area contributed by atoms with Crippen LogP contribution in [0.15, 0.2) is 58.9 Å². The van der Waals surface area contributed by atoms with Crippen molar-refractivity contribution in [2.24, 2.45) is 0 Å². The number of phenols is 1. The number of aromatic hydroxyl groups is 1. The molecule has 2 N–H and O–H groups in total. The fourth-order valence-corrected chi connectivity index (χ4v) is 7.11. The molecule has 6 nitrogen and oxygen atoms in total. The summed E-state index contributed by atoms with van der Waals surface area (Å²) in [4.78, 5) is 28.4. The lowest BCUT2D eigenvalue weighted by Gasteiger charge is -2.59. The first-order valence-electron chi connectivity index (χ1n) is 11.8. The van der Waals surface area contributed by atoms with Crippen LogP contribution in [0.25, 0.3) is 6.08 Å². The number of hydrogen-bond acceptors (Lipinski definition) is 6. The summed E-state index contributed by atoms with van der Waals surface area (Å²) in [6.45, 7) is 7.43. The number of carbonyl (C=O) groups is 2. The summed E-state index contributed by atoms with van der Waals surface area (Å²) in [5.41, 5.74) is -0.350. The van der Waals surface area contributed by atoms with E-state index in [1.807, 2.05) is 35.7 Å². The highest BCUT2D eigenvalue weighted by Gasteiger charge is 2.60.